The van der Waals surface area contributed by atoms with Crippen LogP contribution >= 0.6 is 22.9 Å². The molecule has 0 bridgehead atoms. The average Bonchev–Trinajstić information content (AvgIpc) is 3.06. The van der Waals surface area contributed by atoms with Crippen molar-refractivity contribution in [2.75, 3.05) is 0 Å². The second-order valence-corrected chi connectivity index (χ2v) is 9.14. The third-order valence-corrected chi connectivity index (χ3v) is 6.36. The first kappa shape index (κ1) is 17.3. The van der Waals surface area contributed by atoms with E-state index in [2.05, 4.69) is 0 Å². The summed E-state index contributed by atoms with van der Waals surface area (Å²) >= 11 is 7.61. The van der Waals surface area contributed by atoms with Crippen LogP contribution in [-0.2, 0) is 16.4 Å². The molecule has 26 heavy (non-hydrogen) atoms. The summed E-state index contributed by atoms with van der Waals surface area (Å²) in [6.45, 7) is 0. The molecule has 7 heteroatoms. The van der Waals surface area contributed by atoms with E-state index in [4.69, 9.17) is 21.5 Å². The lowest BCUT2D eigenvalue weighted by atomic mass is 9.96. The van der Waals surface area contributed by atoms with Gasteiger partial charge in [-0.3, -0.25) is 0 Å². The second kappa shape index (κ2) is 6.55. The molecule has 0 fully saturated rings. The molecule has 0 aliphatic carbocycles. The van der Waals surface area contributed by atoms with Gasteiger partial charge in [-0.25, -0.2) is 13.6 Å². The highest BCUT2D eigenvalue weighted by molar-refractivity contribution is 7.89. The first-order valence-corrected chi connectivity index (χ1v) is 10.5. The Hall–Kier alpha value is -2.12. The molecule has 0 saturated carbocycles. The number of para-hydroxylation sites is 1. The van der Waals surface area contributed by atoms with Crippen molar-refractivity contribution in [3.8, 4) is 5.75 Å². The maximum atomic E-state index is 11.5. The Morgan fingerprint density at radius 1 is 1.00 bits per heavy atom. The van der Waals surface area contributed by atoms with E-state index in [0.717, 1.165) is 27.3 Å². The van der Waals surface area contributed by atoms with Crippen molar-refractivity contribution >= 4 is 44.3 Å². The van der Waals surface area contributed by atoms with E-state index in [1.54, 1.807) is 12.1 Å². The number of fused-ring (bicyclic) bond motifs is 1. The lowest BCUT2D eigenvalue weighted by Crippen LogP contribution is -2.12. The molecule has 2 heterocycles. The van der Waals surface area contributed by atoms with Crippen molar-refractivity contribution in [1.29, 1.82) is 0 Å². The number of halogens is 1. The topological polar surface area (TPSA) is 69.4 Å². The number of thiophene rings is 1. The Kier molecular flexibility index (Phi) is 4.36. The smallest absolute Gasteiger partial charge is 0.238 e. The molecule has 0 unspecified atom stereocenters. The Labute approximate surface area is 160 Å². The second-order valence-electron chi connectivity index (χ2n) is 5.87. The minimum atomic E-state index is -3.73. The third kappa shape index (κ3) is 3.29. The predicted octanol–water partition coefficient (Wildman–Crippen LogP) is 4.55. The van der Waals surface area contributed by atoms with Crippen LogP contribution in [-0.4, -0.2) is 8.42 Å². The number of sulfonamides is 1. The number of hydrogen-bond donors (Lipinski definition) is 1. The number of primary sulfonamides is 1. The average molecular weight is 404 g/mol. The van der Waals surface area contributed by atoms with Crippen molar-refractivity contribution in [1.82, 2.24) is 0 Å². The SMILES string of the molecule is NS(=O)(=O)c1ccc(C2=C(c3ccc(Cl)s3)Cc3ccccc3O2)cc1. The van der Waals surface area contributed by atoms with E-state index in [0.29, 0.717) is 16.5 Å². The van der Waals surface area contributed by atoms with Gasteiger partial charge >= 0.3 is 0 Å². The Balaban J connectivity index is 1.85. The fraction of sp³-hybridized carbons (Fsp3) is 0.0526. The molecule has 0 saturated heterocycles. The van der Waals surface area contributed by atoms with Gasteiger partial charge in [-0.1, -0.05) is 29.8 Å². The fourth-order valence-corrected chi connectivity index (χ4v) is 4.49. The van der Waals surface area contributed by atoms with Gasteiger partial charge in [0.05, 0.1) is 9.23 Å². The van der Waals surface area contributed by atoms with Gasteiger partial charge in [0.2, 0.25) is 10.0 Å². The van der Waals surface area contributed by atoms with Gasteiger partial charge in [0.15, 0.2) is 0 Å². The number of hydrogen-bond acceptors (Lipinski definition) is 4. The van der Waals surface area contributed by atoms with Crippen LogP contribution in [0.3, 0.4) is 0 Å². The summed E-state index contributed by atoms with van der Waals surface area (Å²) in [4.78, 5) is 1.09. The highest BCUT2D eigenvalue weighted by Gasteiger charge is 2.23. The van der Waals surface area contributed by atoms with Gasteiger partial charge < -0.3 is 4.74 Å². The Morgan fingerprint density at radius 3 is 2.38 bits per heavy atom. The van der Waals surface area contributed by atoms with Gasteiger partial charge in [-0.2, -0.15) is 0 Å². The molecule has 132 valence electrons. The molecule has 4 rings (SSSR count). The molecule has 4 nitrogen and oxygen atoms in total. The summed E-state index contributed by atoms with van der Waals surface area (Å²) in [5.41, 5.74) is 2.90. The molecule has 0 atom stereocenters. The summed E-state index contributed by atoms with van der Waals surface area (Å²) in [5, 5.41) is 5.19. The van der Waals surface area contributed by atoms with E-state index in [9.17, 15) is 8.42 Å². The number of benzene rings is 2. The maximum absolute atomic E-state index is 11.5. The molecule has 0 radical (unpaired) electrons. The van der Waals surface area contributed by atoms with Gasteiger partial charge in [0, 0.05) is 22.4 Å². The minimum Gasteiger partial charge on any atom is -0.456 e. The molecule has 2 aromatic carbocycles. The van der Waals surface area contributed by atoms with Crippen LogP contribution in [0.15, 0.2) is 65.6 Å². The van der Waals surface area contributed by atoms with E-state index >= 15 is 0 Å². The van der Waals surface area contributed by atoms with E-state index in [-0.39, 0.29) is 4.90 Å². The fourth-order valence-electron chi connectivity index (χ4n) is 2.90. The standard InChI is InChI=1S/C19H14ClNO3S2/c20-18-10-9-17(25-18)15-11-13-3-1-2-4-16(13)24-19(15)12-5-7-14(8-6-12)26(21,22)23/h1-10H,11H2,(H2,21,22,23). The third-order valence-electron chi connectivity index (χ3n) is 4.14. The van der Waals surface area contributed by atoms with Gasteiger partial charge in [0.25, 0.3) is 0 Å². The van der Waals surface area contributed by atoms with Crippen molar-refractivity contribution in [3.05, 3.63) is 81.0 Å². The summed E-state index contributed by atoms with van der Waals surface area (Å²) < 4.78 is 29.9. The van der Waals surface area contributed by atoms with Crippen LogP contribution in [0.5, 0.6) is 5.75 Å². The zero-order valence-electron chi connectivity index (χ0n) is 13.5. The molecule has 0 spiro atoms. The normalized spacial score (nSPS) is 14.1. The summed E-state index contributed by atoms with van der Waals surface area (Å²) in [5.74, 6) is 1.49. The number of rotatable bonds is 3. The summed E-state index contributed by atoms with van der Waals surface area (Å²) in [7, 11) is -3.73. The maximum Gasteiger partial charge on any atom is 0.238 e. The summed E-state index contributed by atoms with van der Waals surface area (Å²) in [6.07, 6.45) is 0.708. The van der Waals surface area contributed by atoms with E-state index < -0.39 is 10.0 Å². The van der Waals surface area contributed by atoms with Gasteiger partial charge in [-0.15, -0.1) is 11.3 Å². The molecule has 1 aliphatic rings. The van der Waals surface area contributed by atoms with Crippen LogP contribution in [0, 0.1) is 0 Å². The van der Waals surface area contributed by atoms with Gasteiger partial charge in [-0.05, 0) is 48.0 Å². The van der Waals surface area contributed by atoms with Crippen molar-refractivity contribution < 1.29 is 13.2 Å². The largest absolute Gasteiger partial charge is 0.456 e. The van der Waals surface area contributed by atoms with Crippen LogP contribution in [0.1, 0.15) is 16.0 Å². The molecule has 3 aromatic rings. The lowest BCUT2D eigenvalue weighted by molar-refractivity contribution is 0.502. The van der Waals surface area contributed by atoms with Gasteiger partial charge in [0.1, 0.15) is 11.5 Å². The summed E-state index contributed by atoms with van der Waals surface area (Å²) in [6, 6.07) is 18.1. The Morgan fingerprint density at radius 2 is 1.73 bits per heavy atom. The monoisotopic (exact) mass is 403 g/mol. The molecular weight excluding hydrogens is 390 g/mol. The first-order chi connectivity index (χ1) is 12.4. The van der Waals surface area contributed by atoms with Crippen LogP contribution in [0.25, 0.3) is 11.3 Å². The highest BCUT2D eigenvalue weighted by Crippen LogP contribution is 2.41. The van der Waals surface area contributed by atoms with Crippen LogP contribution in [0.4, 0.5) is 0 Å². The van der Waals surface area contributed by atoms with E-state index in [1.165, 1.54) is 23.5 Å². The molecule has 1 aliphatic heterocycles. The zero-order chi connectivity index (χ0) is 18.3. The lowest BCUT2D eigenvalue weighted by Gasteiger charge is -2.23. The van der Waals surface area contributed by atoms with Crippen LogP contribution in [0.2, 0.25) is 4.34 Å². The van der Waals surface area contributed by atoms with E-state index in [1.807, 2.05) is 36.4 Å². The molecule has 0 amide bonds. The zero-order valence-corrected chi connectivity index (χ0v) is 15.9. The van der Waals surface area contributed by atoms with Crippen LogP contribution < -0.4 is 9.88 Å². The molecule has 1 aromatic heterocycles. The van der Waals surface area contributed by atoms with Crippen molar-refractivity contribution in [3.63, 3.8) is 0 Å². The highest BCUT2D eigenvalue weighted by atomic mass is 35.5. The Bertz CT molecular complexity index is 1120. The van der Waals surface area contributed by atoms with Crippen molar-refractivity contribution in [2.24, 2.45) is 5.14 Å². The minimum absolute atomic E-state index is 0.0683. The number of ether oxygens (including phenoxy) is 1. The predicted molar refractivity (Wildman–Crippen MR) is 105 cm³/mol. The molecular formula is C19H14ClNO3S2. The molecule has 2 N–H and O–H groups in total. The first-order valence-electron chi connectivity index (χ1n) is 7.80. The van der Waals surface area contributed by atoms with Crippen molar-refractivity contribution in [2.45, 2.75) is 11.3 Å². The number of allylic oxidation sites excluding steroid dienone is 1. The number of nitrogens with two attached hydrogens (primary N) is 1. The quantitative estimate of drug-likeness (QED) is 0.697.